The molecule has 3 atom stereocenters. The fraction of sp³-hybridized carbons (Fsp3) is 1.00. The minimum Gasteiger partial charge on any atom is -0.395 e. The van der Waals surface area contributed by atoms with E-state index in [1.165, 1.54) is 0 Å². The molecule has 5 heteroatoms. The first-order valence-corrected chi connectivity index (χ1v) is 4.39. The fourth-order valence-corrected chi connectivity index (χ4v) is 1.80. The SMILES string of the molecule is C[C@]1(CO)[C@H](O)[C@H](O)CN1CCO. The highest BCUT2D eigenvalue weighted by Gasteiger charge is 2.48. The average Bonchev–Trinajstić information content (AvgIpc) is 2.32. The molecule has 0 aromatic carbocycles. The van der Waals surface area contributed by atoms with Crippen LogP contribution in [0.25, 0.3) is 0 Å². The molecule has 1 saturated heterocycles. The number of hydrogen-bond acceptors (Lipinski definition) is 5. The minimum atomic E-state index is -0.955. The number of β-amino-alcohol motifs (C(OH)–C–C–N with tert-alkyl or cyclic N) is 2. The quantitative estimate of drug-likeness (QED) is 0.405. The Balaban J connectivity index is 2.74. The van der Waals surface area contributed by atoms with Gasteiger partial charge in [0.05, 0.1) is 24.9 Å². The third-order valence-corrected chi connectivity index (χ3v) is 2.82. The van der Waals surface area contributed by atoms with Gasteiger partial charge in [-0.2, -0.15) is 0 Å². The molecule has 0 aromatic rings. The zero-order chi connectivity index (χ0) is 10.1. The van der Waals surface area contributed by atoms with Gasteiger partial charge in [0.25, 0.3) is 0 Å². The highest BCUT2D eigenvalue weighted by molar-refractivity contribution is 5.03. The number of rotatable bonds is 3. The summed E-state index contributed by atoms with van der Waals surface area (Å²) in [4.78, 5) is 1.70. The van der Waals surface area contributed by atoms with E-state index in [-0.39, 0.29) is 13.2 Å². The first-order valence-electron chi connectivity index (χ1n) is 4.39. The molecule has 1 aliphatic heterocycles. The molecule has 78 valence electrons. The van der Waals surface area contributed by atoms with Crippen LogP contribution >= 0.6 is 0 Å². The highest BCUT2D eigenvalue weighted by atomic mass is 16.3. The van der Waals surface area contributed by atoms with E-state index in [1.54, 1.807) is 11.8 Å². The van der Waals surface area contributed by atoms with Gasteiger partial charge in [0.1, 0.15) is 6.10 Å². The van der Waals surface area contributed by atoms with Crippen LogP contribution in [0, 0.1) is 0 Å². The van der Waals surface area contributed by atoms with Gasteiger partial charge in [0.15, 0.2) is 0 Å². The second-order valence-electron chi connectivity index (χ2n) is 3.70. The van der Waals surface area contributed by atoms with E-state index in [2.05, 4.69) is 0 Å². The molecule has 1 heterocycles. The van der Waals surface area contributed by atoms with Gasteiger partial charge in [-0.25, -0.2) is 0 Å². The average molecular weight is 191 g/mol. The van der Waals surface area contributed by atoms with Crippen LogP contribution in [0.5, 0.6) is 0 Å². The van der Waals surface area contributed by atoms with Crippen molar-refractivity contribution >= 4 is 0 Å². The van der Waals surface area contributed by atoms with Crippen molar-refractivity contribution in [2.45, 2.75) is 24.7 Å². The number of nitrogens with zero attached hydrogens (tertiary/aromatic N) is 1. The number of aliphatic hydroxyl groups excluding tert-OH is 4. The molecule has 1 rings (SSSR count). The Morgan fingerprint density at radius 2 is 2.00 bits per heavy atom. The summed E-state index contributed by atoms with van der Waals surface area (Å²) in [7, 11) is 0. The summed E-state index contributed by atoms with van der Waals surface area (Å²) in [5.41, 5.74) is -0.831. The molecule has 0 saturated carbocycles. The normalized spacial score (nSPS) is 41.3. The van der Waals surface area contributed by atoms with Gasteiger partial charge in [-0.05, 0) is 6.92 Å². The minimum absolute atomic E-state index is 0.0466. The molecule has 0 aromatic heterocycles. The van der Waals surface area contributed by atoms with Crippen LogP contribution in [0.3, 0.4) is 0 Å². The van der Waals surface area contributed by atoms with Crippen LogP contribution < -0.4 is 0 Å². The van der Waals surface area contributed by atoms with Gasteiger partial charge >= 0.3 is 0 Å². The van der Waals surface area contributed by atoms with Crippen molar-refractivity contribution in [3.8, 4) is 0 Å². The maximum absolute atomic E-state index is 9.58. The molecular weight excluding hydrogens is 174 g/mol. The van der Waals surface area contributed by atoms with Crippen molar-refractivity contribution in [3.63, 3.8) is 0 Å². The Hall–Kier alpha value is -0.200. The Labute approximate surface area is 77.2 Å². The van der Waals surface area contributed by atoms with Crippen LogP contribution in [0.1, 0.15) is 6.92 Å². The van der Waals surface area contributed by atoms with Crippen LogP contribution in [-0.4, -0.2) is 69.4 Å². The Morgan fingerprint density at radius 1 is 1.38 bits per heavy atom. The molecule has 0 aliphatic carbocycles. The Morgan fingerprint density at radius 3 is 2.46 bits per heavy atom. The zero-order valence-corrected chi connectivity index (χ0v) is 7.72. The van der Waals surface area contributed by atoms with Gasteiger partial charge in [-0.15, -0.1) is 0 Å². The number of likely N-dealkylation sites (tertiary alicyclic amines) is 1. The first kappa shape index (κ1) is 10.9. The zero-order valence-electron chi connectivity index (χ0n) is 7.72. The predicted molar refractivity (Wildman–Crippen MR) is 46.2 cm³/mol. The summed E-state index contributed by atoms with van der Waals surface area (Å²) in [6.07, 6.45) is -1.80. The largest absolute Gasteiger partial charge is 0.395 e. The summed E-state index contributed by atoms with van der Waals surface area (Å²) in [6.45, 7) is 2.04. The molecule has 1 fully saturated rings. The van der Waals surface area contributed by atoms with E-state index in [1.807, 2.05) is 0 Å². The lowest BCUT2D eigenvalue weighted by atomic mass is 9.96. The number of hydrogen-bond donors (Lipinski definition) is 4. The molecule has 0 spiro atoms. The monoisotopic (exact) mass is 191 g/mol. The van der Waals surface area contributed by atoms with E-state index >= 15 is 0 Å². The molecule has 1 aliphatic rings. The summed E-state index contributed by atoms with van der Waals surface area (Å²) < 4.78 is 0. The van der Waals surface area contributed by atoms with Crippen molar-refractivity contribution in [2.24, 2.45) is 0 Å². The van der Waals surface area contributed by atoms with Crippen molar-refractivity contribution < 1.29 is 20.4 Å². The van der Waals surface area contributed by atoms with Gasteiger partial charge in [-0.1, -0.05) is 0 Å². The van der Waals surface area contributed by atoms with Crippen LogP contribution in [0.4, 0.5) is 0 Å². The lowest BCUT2D eigenvalue weighted by Crippen LogP contribution is -2.52. The molecule has 0 amide bonds. The van der Waals surface area contributed by atoms with Gasteiger partial charge < -0.3 is 20.4 Å². The van der Waals surface area contributed by atoms with Crippen molar-refractivity contribution in [1.29, 1.82) is 0 Å². The summed E-state index contributed by atoms with van der Waals surface area (Å²) in [6, 6.07) is 0. The van der Waals surface area contributed by atoms with E-state index in [0.29, 0.717) is 13.1 Å². The van der Waals surface area contributed by atoms with E-state index in [9.17, 15) is 10.2 Å². The third-order valence-electron chi connectivity index (χ3n) is 2.82. The third kappa shape index (κ3) is 1.70. The van der Waals surface area contributed by atoms with Crippen molar-refractivity contribution in [3.05, 3.63) is 0 Å². The topological polar surface area (TPSA) is 84.2 Å². The number of aliphatic hydroxyl groups is 4. The standard InChI is InChI=1S/C8H17NO4/c1-8(5-11)7(13)6(12)4-9(8)2-3-10/h6-7,10-13H,2-5H2,1H3/t6-,7-,8+/m1/s1. The molecular formula is C8H17NO4. The maximum atomic E-state index is 9.58. The molecule has 0 unspecified atom stereocenters. The van der Waals surface area contributed by atoms with Crippen LogP contribution in [-0.2, 0) is 0 Å². The lowest BCUT2D eigenvalue weighted by molar-refractivity contribution is -0.0306. The Bertz CT molecular complexity index is 178. The first-order chi connectivity index (χ1) is 6.06. The van der Waals surface area contributed by atoms with Gasteiger partial charge in [0, 0.05) is 13.1 Å². The maximum Gasteiger partial charge on any atom is 0.101 e. The molecule has 0 bridgehead atoms. The fourth-order valence-electron chi connectivity index (χ4n) is 1.80. The van der Waals surface area contributed by atoms with E-state index in [4.69, 9.17) is 10.2 Å². The van der Waals surface area contributed by atoms with Gasteiger partial charge in [-0.3, -0.25) is 4.90 Å². The molecule has 0 radical (unpaired) electrons. The predicted octanol–water partition coefficient (Wildman–Crippen LogP) is -2.23. The second-order valence-corrected chi connectivity index (χ2v) is 3.70. The molecule has 13 heavy (non-hydrogen) atoms. The van der Waals surface area contributed by atoms with Crippen LogP contribution in [0.2, 0.25) is 0 Å². The van der Waals surface area contributed by atoms with E-state index < -0.39 is 17.7 Å². The lowest BCUT2D eigenvalue weighted by Gasteiger charge is -2.34. The molecule has 4 N–H and O–H groups in total. The highest BCUT2D eigenvalue weighted by Crippen LogP contribution is 2.28. The summed E-state index contributed by atoms with van der Waals surface area (Å²) in [5.74, 6) is 0. The van der Waals surface area contributed by atoms with Crippen molar-refractivity contribution in [2.75, 3.05) is 26.3 Å². The van der Waals surface area contributed by atoms with Gasteiger partial charge in [0.2, 0.25) is 0 Å². The van der Waals surface area contributed by atoms with Crippen LogP contribution in [0.15, 0.2) is 0 Å². The Kier molecular flexibility index (Phi) is 3.26. The summed E-state index contributed by atoms with van der Waals surface area (Å²) >= 11 is 0. The van der Waals surface area contributed by atoms with E-state index in [0.717, 1.165) is 0 Å². The summed E-state index contributed by atoms with van der Waals surface area (Å²) in [5, 5.41) is 36.8. The van der Waals surface area contributed by atoms with Crippen molar-refractivity contribution in [1.82, 2.24) is 4.90 Å². The smallest absolute Gasteiger partial charge is 0.101 e. The molecule has 5 nitrogen and oxygen atoms in total. The second kappa shape index (κ2) is 3.89.